The van der Waals surface area contributed by atoms with E-state index in [1.165, 1.54) is 5.01 Å². The number of para-hydroxylation sites is 2. The summed E-state index contributed by atoms with van der Waals surface area (Å²) in [6.07, 6.45) is 0.375. The molecule has 2 fully saturated rings. The minimum Gasteiger partial charge on any atom is -0.367 e. The van der Waals surface area contributed by atoms with Gasteiger partial charge in [0, 0.05) is 44.6 Å². The minimum absolute atomic E-state index is 0.172. The Bertz CT molecular complexity index is 967. The van der Waals surface area contributed by atoms with Gasteiger partial charge in [0.25, 0.3) is 5.91 Å². The molecular weight excluding hydrogens is 394 g/mol. The molecular formula is C23H27N5O3. The molecule has 31 heavy (non-hydrogen) atoms. The summed E-state index contributed by atoms with van der Waals surface area (Å²) in [6, 6.07) is 14.5. The maximum Gasteiger partial charge on any atom is 0.255 e. The highest BCUT2D eigenvalue weighted by atomic mass is 16.2. The second-order valence-electron chi connectivity index (χ2n) is 7.70. The Morgan fingerprint density at radius 2 is 1.68 bits per heavy atom. The van der Waals surface area contributed by atoms with E-state index in [1.54, 1.807) is 24.3 Å². The Morgan fingerprint density at radius 3 is 2.39 bits per heavy atom. The Labute approximate surface area is 181 Å². The molecule has 2 aromatic rings. The van der Waals surface area contributed by atoms with E-state index in [1.807, 2.05) is 24.3 Å². The molecule has 8 heteroatoms. The first-order chi connectivity index (χ1) is 15.0. The van der Waals surface area contributed by atoms with Crippen LogP contribution in [0.25, 0.3) is 0 Å². The molecule has 0 bridgehead atoms. The normalized spacial score (nSPS) is 17.5. The third-order valence-electron chi connectivity index (χ3n) is 5.75. The molecule has 3 amide bonds. The minimum atomic E-state index is -0.222. The molecule has 2 aromatic carbocycles. The van der Waals surface area contributed by atoms with E-state index in [0.717, 1.165) is 44.1 Å². The predicted octanol–water partition coefficient (Wildman–Crippen LogP) is 2.24. The zero-order chi connectivity index (χ0) is 21.8. The van der Waals surface area contributed by atoms with Crippen molar-refractivity contribution in [2.45, 2.75) is 19.8 Å². The van der Waals surface area contributed by atoms with E-state index < -0.39 is 0 Å². The first kappa shape index (κ1) is 20.9. The van der Waals surface area contributed by atoms with Gasteiger partial charge in [-0.25, -0.2) is 5.01 Å². The molecule has 2 heterocycles. The van der Waals surface area contributed by atoms with Crippen LogP contribution in [0.4, 0.5) is 17.1 Å². The van der Waals surface area contributed by atoms with Crippen molar-refractivity contribution in [3.63, 3.8) is 0 Å². The van der Waals surface area contributed by atoms with Gasteiger partial charge in [0.2, 0.25) is 11.8 Å². The highest BCUT2D eigenvalue weighted by Crippen LogP contribution is 2.27. The quantitative estimate of drug-likeness (QED) is 0.774. The molecule has 0 spiro atoms. The molecule has 2 aliphatic rings. The van der Waals surface area contributed by atoms with Crippen molar-refractivity contribution in [3.8, 4) is 0 Å². The highest BCUT2D eigenvalue weighted by Gasteiger charge is 2.24. The van der Waals surface area contributed by atoms with Gasteiger partial charge in [-0.2, -0.15) is 0 Å². The van der Waals surface area contributed by atoms with Crippen molar-refractivity contribution in [1.82, 2.24) is 10.3 Å². The van der Waals surface area contributed by atoms with Crippen LogP contribution in [0, 0.1) is 0 Å². The maximum absolute atomic E-state index is 12.9. The molecule has 0 radical (unpaired) electrons. The molecule has 2 aliphatic heterocycles. The lowest BCUT2D eigenvalue weighted by Crippen LogP contribution is -2.50. The third kappa shape index (κ3) is 4.69. The molecule has 0 unspecified atom stereocenters. The van der Waals surface area contributed by atoms with Gasteiger partial charge < -0.3 is 15.1 Å². The van der Waals surface area contributed by atoms with Crippen LogP contribution in [0.1, 0.15) is 30.1 Å². The van der Waals surface area contributed by atoms with Crippen molar-refractivity contribution in [3.05, 3.63) is 54.1 Å². The summed E-state index contributed by atoms with van der Waals surface area (Å²) in [5.74, 6) is -0.591. The van der Waals surface area contributed by atoms with Crippen LogP contribution in [0.3, 0.4) is 0 Å². The van der Waals surface area contributed by atoms with Crippen LogP contribution in [-0.2, 0) is 9.59 Å². The average Bonchev–Trinajstić information content (AvgIpc) is 2.81. The first-order valence-corrected chi connectivity index (χ1v) is 10.7. The van der Waals surface area contributed by atoms with Crippen LogP contribution in [-0.4, -0.2) is 55.3 Å². The predicted molar refractivity (Wildman–Crippen MR) is 120 cm³/mol. The van der Waals surface area contributed by atoms with E-state index in [2.05, 4.69) is 27.5 Å². The van der Waals surface area contributed by atoms with E-state index >= 15 is 0 Å². The fraction of sp³-hybridized carbons (Fsp3) is 0.348. The number of hydrogen-bond acceptors (Lipinski definition) is 5. The summed E-state index contributed by atoms with van der Waals surface area (Å²) in [7, 11) is 0. The summed E-state index contributed by atoms with van der Waals surface area (Å²) in [5.41, 5.74) is 5.36. The van der Waals surface area contributed by atoms with Gasteiger partial charge in [0.1, 0.15) is 0 Å². The SMILES string of the molecule is CCN1CCN(c2ccccc2NC(=O)c2ccc(N3NC(=O)CCC3=O)cc2)CC1. The zero-order valence-corrected chi connectivity index (χ0v) is 17.6. The fourth-order valence-corrected chi connectivity index (χ4v) is 3.90. The highest BCUT2D eigenvalue weighted by molar-refractivity contribution is 6.06. The van der Waals surface area contributed by atoms with Crippen molar-refractivity contribution in [2.75, 3.05) is 47.9 Å². The lowest BCUT2D eigenvalue weighted by Gasteiger charge is -2.36. The number of anilines is 3. The van der Waals surface area contributed by atoms with Gasteiger partial charge in [-0.1, -0.05) is 19.1 Å². The summed E-state index contributed by atoms with van der Waals surface area (Å²) in [5, 5.41) is 4.25. The lowest BCUT2D eigenvalue weighted by atomic mass is 10.1. The molecule has 4 rings (SSSR count). The number of amides is 3. The fourth-order valence-electron chi connectivity index (χ4n) is 3.90. The second kappa shape index (κ2) is 9.18. The molecule has 0 aromatic heterocycles. The van der Waals surface area contributed by atoms with Crippen molar-refractivity contribution in [1.29, 1.82) is 0 Å². The second-order valence-corrected chi connectivity index (χ2v) is 7.70. The summed E-state index contributed by atoms with van der Waals surface area (Å²) in [4.78, 5) is 41.2. The Morgan fingerprint density at radius 1 is 0.968 bits per heavy atom. The Balaban J connectivity index is 1.45. The number of carbonyl (C=O) groups is 3. The topological polar surface area (TPSA) is 85.0 Å². The number of hydrogen-bond donors (Lipinski definition) is 2. The number of piperazine rings is 1. The van der Waals surface area contributed by atoms with Crippen molar-refractivity contribution < 1.29 is 14.4 Å². The molecule has 162 valence electrons. The zero-order valence-electron chi connectivity index (χ0n) is 17.6. The smallest absolute Gasteiger partial charge is 0.255 e. The van der Waals surface area contributed by atoms with Crippen molar-refractivity contribution >= 4 is 34.8 Å². The van der Waals surface area contributed by atoms with Gasteiger partial charge in [-0.3, -0.25) is 19.8 Å². The number of likely N-dealkylation sites (N-methyl/N-ethyl adjacent to an activating group) is 1. The molecule has 0 saturated carbocycles. The van der Waals surface area contributed by atoms with Gasteiger partial charge in [-0.05, 0) is 42.9 Å². The van der Waals surface area contributed by atoms with Crippen molar-refractivity contribution in [2.24, 2.45) is 0 Å². The maximum atomic E-state index is 12.9. The lowest BCUT2D eigenvalue weighted by molar-refractivity contribution is -0.130. The summed E-state index contributed by atoms with van der Waals surface area (Å²) in [6.45, 7) is 7.08. The molecule has 0 atom stereocenters. The van der Waals surface area contributed by atoms with Crippen LogP contribution in [0.2, 0.25) is 0 Å². The summed E-state index contributed by atoms with van der Waals surface area (Å²) < 4.78 is 0. The molecule has 8 nitrogen and oxygen atoms in total. The van der Waals surface area contributed by atoms with Gasteiger partial charge >= 0.3 is 0 Å². The Hall–Kier alpha value is -3.39. The monoisotopic (exact) mass is 421 g/mol. The van der Waals surface area contributed by atoms with E-state index in [9.17, 15) is 14.4 Å². The molecule has 2 N–H and O–H groups in total. The number of rotatable bonds is 5. The number of nitrogens with zero attached hydrogens (tertiary/aromatic N) is 3. The number of benzene rings is 2. The van der Waals surface area contributed by atoms with E-state index in [4.69, 9.17) is 0 Å². The van der Waals surface area contributed by atoms with E-state index in [0.29, 0.717) is 11.3 Å². The van der Waals surface area contributed by atoms with Gasteiger partial charge in [0.15, 0.2) is 0 Å². The number of nitrogens with one attached hydrogen (secondary N) is 2. The van der Waals surface area contributed by atoms with Crippen LogP contribution in [0.5, 0.6) is 0 Å². The third-order valence-corrected chi connectivity index (χ3v) is 5.75. The van der Waals surface area contributed by atoms with E-state index in [-0.39, 0.29) is 30.6 Å². The Kier molecular flexibility index (Phi) is 6.18. The largest absolute Gasteiger partial charge is 0.367 e. The molecule has 2 saturated heterocycles. The average molecular weight is 422 g/mol. The number of carbonyl (C=O) groups excluding carboxylic acids is 3. The van der Waals surface area contributed by atoms with Gasteiger partial charge in [0.05, 0.1) is 17.1 Å². The van der Waals surface area contributed by atoms with Crippen LogP contribution in [0.15, 0.2) is 48.5 Å². The first-order valence-electron chi connectivity index (χ1n) is 10.7. The van der Waals surface area contributed by atoms with Crippen LogP contribution < -0.4 is 20.7 Å². The number of hydrazine groups is 1. The van der Waals surface area contributed by atoms with Gasteiger partial charge in [-0.15, -0.1) is 0 Å². The van der Waals surface area contributed by atoms with Crippen LogP contribution >= 0.6 is 0 Å². The standard InChI is InChI=1S/C23H27N5O3/c1-2-26-13-15-27(16-14-26)20-6-4-3-5-19(20)24-23(31)17-7-9-18(10-8-17)28-22(30)12-11-21(29)25-28/h3-10H,2,11-16H2,1H3,(H,24,31)(H,25,29). The molecule has 0 aliphatic carbocycles. The summed E-state index contributed by atoms with van der Waals surface area (Å²) >= 11 is 0.